The molecule has 0 saturated carbocycles. The minimum Gasteiger partial charge on any atom is -0.444 e. The van der Waals surface area contributed by atoms with E-state index in [1.165, 1.54) is 16.5 Å². The lowest BCUT2D eigenvalue weighted by atomic mass is 9.95. The first-order valence-corrected chi connectivity index (χ1v) is 8.37. The lowest BCUT2D eigenvalue weighted by Gasteiger charge is -2.29. The van der Waals surface area contributed by atoms with E-state index >= 15 is 0 Å². The van der Waals surface area contributed by atoms with Crippen LogP contribution in [-0.2, 0) is 4.74 Å². The number of rotatable bonds is 1. The molecule has 0 atom stereocenters. The maximum atomic E-state index is 12.2. The number of hydrogen-bond acceptors (Lipinski definition) is 3. The number of ether oxygens (including phenoxy) is 1. The molecule has 126 valence electrons. The summed E-state index contributed by atoms with van der Waals surface area (Å²) in [6.45, 7) is 8.94. The highest BCUT2D eigenvalue weighted by Gasteiger charge is 2.24. The lowest BCUT2D eigenvalue weighted by Crippen LogP contribution is -2.39. The van der Waals surface area contributed by atoms with E-state index in [1.807, 2.05) is 45.9 Å². The Morgan fingerprint density at radius 1 is 1.21 bits per heavy atom. The third-order valence-electron chi connectivity index (χ3n) is 4.08. The molecule has 24 heavy (non-hydrogen) atoms. The molecule has 1 aliphatic rings. The minimum absolute atomic E-state index is 0.243. The molecule has 2 heterocycles. The molecule has 0 aliphatic carbocycles. The summed E-state index contributed by atoms with van der Waals surface area (Å²) in [6.07, 6.45) is 2.71. The molecule has 1 aromatic carbocycles. The molecule has 0 radical (unpaired) electrons. The Bertz CT molecular complexity index is 803. The van der Waals surface area contributed by atoms with Gasteiger partial charge in [0.25, 0.3) is 0 Å². The third kappa shape index (κ3) is 3.58. The number of hydrogen-bond donors (Lipinski definition) is 0. The first-order valence-electron chi connectivity index (χ1n) is 8.37. The van der Waals surface area contributed by atoms with Crippen LogP contribution in [0.3, 0.4) is 0 Å². The summed E-state index contributed by atoms with van der Waals surface area (Å²) in [7, 11) is 0. The van der Waals surface area contributed by atoms with E-state index in [9.17, 15) is 4.79 Å². The fourth-order valence-electron chi connectivity index (χ4n) is 2.94. The normalized spacial score (nSPS) is 15.3. The van der Waals surface area contributed by atoms with Gasteiger partial charge < -0.3 is 9.64 Å². The molecule has 2 aromatic rings. The standard InChI is InChI=1S/C20H24N2O2/c1-14-8-9-17-16(6-5-7-18(17)21-14)15-10-12-22(13-11-15)19(23)24-20(2,3)4/h5-10H,11-13H2,1-4H3. The van der Waals surface area contributed by atoms with E-state index in [4.69, 9.17) is 4.74 Å². The molecule has 0 bridgehead atoms. The molecule has 0 fully saturated rings. The van der Waals surface area contributed by atoms with E-state index in [0.29, 0.717) is 13.1 Å². The second kappa shape index (κ2) is 6.27. The van der Waals surface area contributed by atoms with Crippen LogP contribution >= 0.6 is 0 Å². The summed E-state index contributed by atoms with van der Waals surface area (Å²) in [5.41, 5.74) is 4.06. The first kappa shape index (κ1) is 16.5. The number of fused-ring (bicyclic) bond motifs is 1. The number of benzene rings is 1. The summed E-state index contributed by atoms with van der Waals surface area (Å²) < 4.78 is 5.45. The van der Waals surface area contributed by atoms with Crippen LogP contribution in [0, 0.1) is 6.92 Å². The van der Waals surface area contributed by atoms with Gasteiger partial charge in [0, 0.05) is 24.2 Å². The molecule has 4 heteroatoms. The zero-order valence-electron chi connectivity index (χ0n) is 14.8. The molecule has 0 saturated heterocycles. The van der Waals surface area contributed by atoms with Crippen molar-refractivity contribution in [3.05, 3.63) is 47.7 Å². The van der Waals surface area contributed by atoms with Gasteiger partial charge >= 0.3 is 6.09 Å². The van der Waals surface area contributed by atoms with Crippen LogP contribution in [0.25, 0.3) is 16.5 Å². The number of carbonyl (C=O) groups excluding carboxylic acids is 1. The molecular formula is C20H24N2O2. The Labute approximate surface area is 143 Å². The van der Waals surface area contributed by atoms with Gasteiger partial charge in [0.05, 0.1) is 5.52 Å². The van der Waals surface area contributed by atoms with Crippen molar-refractivity contribution in [1.82, 2.24) is 9.88 Å². The van der Waals surface area contributed by atoms with Gasteiger partial charge in [0.1, 0.15) is 5.60 Å². The van der Waals surface area contributed by atoms with Crippen molar-refractivity contribution >= 4 is 22.6 Å². The summed E-state index contributed by atoms with van der Waals surface area (Å²) in [5.74, 6) is 0. The molecule has 0 unspecified atom stereocenters. The third-order valence-corrected chi connectivity index (χ3v) is 4.08. The first-order chi connectivity index (χ1) is 11.3. The van der Waals surface area contributed by atoms with Gasteiger partial charge in [0.2, 0.25) is 0 Å². The Morgan fingerprint density at radius 3 is 2.67 bits per heavy atom. The summed E-state index contributed by atoms with van der Waals surface area (Å²) in [5, 5.41) is 1.17. The van der Waals surface area contributed by atoms with Crippen molar-refractivity contribution in [2.45, 2.75) is 39.7 Å². The van der Waals surface area contributed by atoms with Gasteiger partial charge in [0.15, 0.2) is 0 Å². The zero-order valence-corrected chi connectivity index (χ0v) is 14.8. The van der Waals surface area contributed by atoms with E-state index < -0.39 is 5.60 Å². The van der Waals surface area contributed by atoms with Gasteiger partial charge in [-0.05, 0) is 57.4 Å². The SMILES string of the molecule is Cc1ccc2c(C3=CCN(C(=O)OC(C)(C)C)CC3)cccc2n1. The molecule has 1 aromatic heterocycles. The minimum atomic E-state index is -0.458. The quantitative estimate of drug-likeness (QED) is 0.772. The average molecular weight is 324 g/mol. The predicted octanol–water partition coefficient (Wildman–Crippen LogP) is 4.57. The lowest BCUT2D eigenvalue weighted by molar-refractivity contribution is 0.0270. The number of aryl methyl sites for hydroxylation is 1. The van der Waals surface area contributed by atoms with Crippen LogP contribution in [0.15, 0.2) is 36.4 Å². The van der Waals surface area contributed by atoms with Gasteiger partial charge in [-0.3, -0.25) is 4.98 Å². The van der Waals surface area contributed by atoms with Crippen LogP contribution in [-0.4, -0.2) is 34.7 Å². The van der Waals surface area contributed by atoms with Crippen LogP contribution in [0.2, 0.25) is 0 Å². The Kier molecular flexibility index (Phi) is 4.31. The Balaban J connectivity index is 1.82. The number of aromatic nitrogens is 1. The van der Waals surface area contributed by atoms with E-state index in [2.05, 4.69) is 23.2 Å². The number of carbonyl (C=O) groups is 1. The topological polar surface area (TPSA) is 42.4 Å². The van der Waals surface area contributed by atoms with Crippen LogP contribution in [0.5, 0.6) is 0 Å². The largest absolute Gasteiger partial charge is 0.444 e. The van der Waals surface area contributed by atoms with E-state index in [0.717, 1.165) is 17.6 Å². The van der Waals surface area contributed by atoms with E-state index in [1.54, 1.807) is 4.90 Å². The van der Waals surface area contributed by atoms with Gasteiger partial charge in [-0.1, -0.05) is 24.3 Å². The van der Waals surface area contributed by atoms with Gasteiger partial charge in [-0.2, -0.15) is 0 Å². The molecular weight excluding hydrogens is 300 g/mol. The van der Waals surface area contributed by atoms with Crippen molar-refractivity contribution in [2.24, 2.45) is 0 Å². The molecule has 4 nitrogen and oxygen atoms in total. The van der Waals surface area contributed by atoms with Gasteiger partial charge in [-0.15, -0.1) is 0 Å². The highest BCUT2D eigenvalue weighted by atomic mass is 16.6. The monoisotopic (exact) mass is 324 g/mol. The summed E-state index contributed by atoms with van der Waals surface area (Å²) in [4.78, 5) is 18.5. The van der Waals surface area contributed by atoms with Crippen molar-refractivity contribution in [3.63, 3.8) is 0 Å². The number of pyridine rings is 1. The fraction of sp³-hybridized carbons (Fsp3) is 0.400. The number of amides is 1. The predicted molar refractivity (Wildman–Crippen MR) is 96.9 cm³/mol. The summed E-state index contributed by atoms with van der Waals surface area (Å²) >= 11 is 0. The smallest absolute Gasteiger partial charge is 0.410 e. The molecule has 1 amide bonds. The van der Waals surface area contributed by atoms with Crippen LogP contribution < -0.4 is 0 Å². The van der Waals surface area contributed by atoms with Crippen molar-refractivity contribution in [3.8, 4) is 0 Å². The molecule has 3 rings (SSSR count). The fourth-order valence-corrected chi connectivity index (χ4v) is 2.94. The highest BCUT2D eigenvalue weighted by molar-refractivity contribution is 5.92. The van der Waals surface area contributed by atoms with Crippen molar-refractivity contribution < 1.29 is 9.53 Å². The maximum Gasteiger partial charge on any atom is 0.410 e. The van der Waals surface area contributed by atoms with Gasteiger partial charge in [-0.25, -0.2) is 4.79 Å². The number of nitrogens with zero attached hydrogens (tertiary/aromatic N) is 2. The average Bonchev–Trinajstić information content (AvgIpc) is 2.52. The molecule has 1 aliphatic heterocycles. The van der Waals surface area contributed by atoms with E-state index in [-0.39, 0.29) is 6.09 Å². The molecule has 0 spiro atoms. The highest BCUT2D eigenvalue weighted by Crippen LogP contribution is 2.29. The van der Waals surface area contributed by atoms with Crippen molar-refractivity contribution in [1.29, 1.82) is 0 Å². The molecule has 0 N–H and O–H groups in total. The Hall–Kier alpha value is -2.36. The Morgan fingerprint density at radius 2 is 2.00 bits per heavy atom. The summed E-state index contributed by atoms with van der Waals surface area (Å²) in [6, 6.07) is 10.4. The second-order valence-corrected chi connectivity index (χ2v) is 7.23. The zero-order chi connectivity index (χ0) is 17.3. The van der Waals surface area contributed by atoms with Crippen LogP contribution in [0.1, 0.15) is 38.4 Å². The second-order valence-electron chi connectivity index (χ2n) is 7.23. The van der Waals surface area contributed by atoms with Crippen LogP contribution in [0.4, 0.5) is 4.79 Å². The maximum absolute atomic E-state index is 12.2. The van der Waals surface area contributed by atoms with Crippen molar-refractivity contribution in [2.75, 3.05) is 13.1 Å².